The highest BCUT2D eigenvalue weighted by atomic mass is 19.1. The van der Waals surface area contributed by atoms with Crippen LogP contribution >= 0.6 is 0 Å². The van der Waals surface area contributed by atoms with Crippen LogP contribution in [0.2, 0.25) is 0 Å². The lowest BCUT2D eigenvalue weighted by atomic mass is 10.1. The molecule has 1 N–H and O–H groups in total. The Hall–Kier alpha value is -2.89. The van der Waals surface area contributed by atoms with E-state index in [1.165, 1.54) is 18.5 Å². The van der Waals surface area contributed by atoms with Gasteiger partial charge in [-0.3, -0.25) is 4.99 Å². The molecule has 0 spiro atoms. The van der Waals surface area contributed by atoms with Crippen molar-refractivity contribution in [2.75, 3.05) is 14.1 Å². The highest BCUT2D eigenvalue weighted by Gasteiger charge is 2.20. The van der Waals surface area contributed by atoms with Gasteiger partial charge in [-0.1, -0.05) is 25.3 Å². The van der Waals surface area contributed by atoms with E-state index in [0.717, 1.165) is 5.56 Å². The van der Waals surface area contributed by atoms with Crippen molar-refractivity contribution >= 4 is 12.2 Å². The molecular formula is C17H18FN3O2. The van der Waals surface area contributed by atoms with E-state index in [4.69, 9.17) is 4.74 Å². The van der Waals surface area contributed by atoms with Crippen LogP contribution in [-0.4, -0.2) is 36.3 Å². The average Bonchev–Trinajstić information content (AvgIpc) is 2.54. The number of hydrogen-bond acceptors (Lipinski definition) is 5. The van der Waals surface area contributed by atoms with Gasteiger partial charge in [0.25, 0.3) is 0 Å². The Labute approximate surface area is 134 Å². The van der Waals surface area contributed by atoms with E-state index >= 15 is 0 Å². The number of hydrogen-bond donors (Lipinski definition) is 1. The molecule has 0 amide bonds. The zero-order valence-electron chi connectivity index (χ0n) is 13.1. The Bertz CT molecular complexity index is 718. The second-order valence-electron chi connectivity index (χ2n) is 4.95. The van der Waals surface area contributed by atoms with Gasteiger partial charge in [-0.25, -0.2) is 9.38 Å². The number of benzene rings is 1. The Balaban J connectivity index is 2.10. The standard InChI is InChI=1S/C17H18FN3O2/c1-11-17(22)16(20-10-21(11)4)12(2)23-15(19-3)9-13-5-7-14(18)8-6-13/h5-8,10,22H,1-2,9H2,3-4H3. The third-order valence-corrected chi connectivity index (χ3v) is 3.31. The summed E-state index contributed by atoms with van der Waals surface area (Å²) in [7, 11) is 3.30. The molecule has 1 aliphatic heterocycles. The molecule has 0 fully saturated rings. The lowest BCUT2D eigenvalue weighted by Crippen LogP contribution is -2.22. The van der Waals surface area contributed by atoms with Gasteiger partial charge in [0.15, 0.2) is 23.1 Å². The molecule has 2 rings (SSSR count). The number of rotatable bonds is 4. The predicted octanol–water partition coefficient (Wildman–Crippen LogP) is 3.18. The third kappa shape index (κ3) is 3.85. The number of aliphatic hydroxyl groups excluding tert-OH is 1. The Morgan fingerprint density at radius 1 is 1.39 bits per heavy atom. The van der Waals surface area contributed by atoms with Crippen LogP contribution in [0.1, 0.15) is 5.56 Å². The van der Waals surface area contributed by atoms with Crippen molar-refractivity contribution in [1.29, 1.82) is 0 Å². The zero-order valence-corrected chi connectivity index (χ0v) is 13.1. The monoisotopic (exact) mass is 315 g/mol. The van der Waals surface area contributed by atoms with Gasteiger partial charge in [-0.05, 0) is 17.7 Å². The molecule has 0 bridgehead atoms. The van der Waals surface area contributed by atoms with Crippen LogP contribution in [0.15, 0.2) is 70.3 Å². The largest absolute Gasteiger partial charge is 0.504 e. The van der Waals surface area contributed by atoms with Gasteiger partial charge >= 0.3 is 0 Å². The van der Waals surface area contributed by atoms with E-state index in [1.54, 1.807) is 31.1 Å². The first-order valence-corrected chi connectivity index (χ1v) is 6.89. The fourth-order valence-electron chi connectivity index (χ4n) is 1.91. The van der Waals surface area contributed by atoms with Crippen LogP contribution in [0.4, 0.5) is 4.39 Å². The molecule has 0 saturated carbocycles. The molecule has 1 aromatic carbocycles. The van der Waals surface area contributed by atoms with Gasteiger partial charge in [0.2, 0.25) is 0 Å². The summed E-state index contributed by atoms with van der Waals surface area (Å²) in [6.07, 6.45) is 1.88. The van der Waals surface area contributed by atoms with Crippen LogP contribution < -0.4 is 0 Å². The van der Waals surface area contributed by atoms with Crippen molar-refractivity contribution in [3.63, 3.8) is 0 Å². The SMILES string of the molecule is C=C(OC(Cc1ccc(F)cc1)=NC)C1=C(O)C(=C)N(C)C=N1. The molecule has 0 aromatic heterocycles. The highest BCUT2D eigenvalue weighted by Crippen LogP contribution is 2.24. The topological polar surface area (TPSA) is 57.4 Å². The van der Waals surface area contributed by atoms with Gasteiger partial charge in [-0.2, -0.15) is 0 Å². The molecule has 1 aliphatic rings. The molecule has 1 heterocycles. The predicted molar refractivity (Wildman–Crippen MR) is 88.7 cm³/mol. The minimum Gasteiger partial charge on any atom is -0.504 e. The maximum Gasteiger partial charge on any atom is 0.194 e. The number of halogens is 1. The number of nitrogens with zero attached hydrogens (tertiary/aromatic N) is 3. The Kier molecular flexibility index (Phi) is 4.95. The third-order valence-electron chi connectivity index (χ3n) is 3.31. The zero-order chi connectivity index (χ0) is 17.0. The summed E-state index contributed by atoms with van der Waals surface area (Å²) in [4.78, 5) is 9.72. The average molecular weight is 315 g/mol. The molecule has 0 unspecified atom stereocenters. The van der Waals surface area contributed by atoms with Crippen molar-refractivity contribution in [1.82, 2.24) is 4.90 Å². The van der Waals surface area contributed by atoms with Gasteiger partial charge in [0, 0.05) is 20.5 Å². The Morgan fingerprint density at radius 3 is 2.65 bits per heavy atom. The van der Waals surface area contributed by atoms with Crippen molar-refractivity contribution in [3.8, 4) is 0 Å². The van der Waals surface area contributed by atoms with E-state index in [0.29, 0.717) is 18.0 Å². The fourth-order valence-corrected chi connectivity index (χ4v) is 1.91. The van der Waals surface area contributed by atoms with Crippen molar-refractivity contribution in [2.45, 2.75) is 6.42 Å². The number of aliphatic imine (C=N–C) groups is 2. The van der Waals surface area contributed by atoms with Gasteiger partial charge in [0.05, 0.1) is 12.0 Å². The molecular weight excluding hydrogens is 297 g/mol. The quantitative estimate of drug-likeness (QED) is 0.527. The normalized spacial score (nSPS) is 15.2. The van der Waals surface area contributed by atoms with Crippen molar-refractivity contribution in [3.05, 3.63) is 71.7 Å². The number of ether oxygens (including phenoxy) is 1. The number of likely N-dealkylation sites (N-methyl/N-ethyl adjacent to an activating group) is 1. The first-order valence-electron chi connectivity index (χ1n) is 6.89. The van der Waals surface area contributed by atoms with Crippen LogP contribution in [0.3, 0.4) is 0 Å². The Morgan fingerprint density at radius 2 is 2.04 bits per heavy atom. The summed E-state index contributed by atoms with van der Waals surface area (Å²) in [5.41, 5.74) is 1.44. The molecule has 0 aliphatic carbocycles. The molecule has 0 saturated heterocycles. The van der Waals surface area contributed by atoms with E-state index in [2.05, 4.69) is 23.1 Å². The second kappa shape index (κ2) is 6.91. The van der Waals surface area contributed by atoms with E-state index in [1.807, 2.05) is 0 Å². The first-order chi connectivity index (χ1) is 10.9. The van der Waals surface area contributed by atoms with Gasteiger partial charge in [0.1, 0.15) is 5.82 Å². The minimum atomic E-state index is -0.302. The lowest BCUT2D eigenvalue weighted by molar-refractivity contribution is 0.364. The van der Waals surface area contributed by atoms with Crippen LogP contribution in [-0.2, 0) is 11.2 Å². The van der Waals surface area contributed by atoms with E-state index in [-0.39, 0.29) is 23.0 Å². The van der Waals surface area contributed by atoms with Crippen LogP contribution in [0, 0.1) is 5.82 Å². The van der Waals surface area contributed by atoms with E-state index in [9.17, 15) is 9.50 Å². The second-order valence-corrected chi connectivity index (χ2v) is 4.95. The molecule has 1 aromatic rings. The highest BCUT2D eigenvalue weighted by molar-refractivity contribution is 5.80. The summed E-state index contributed by atoms with van der Waals surface area (Å²) in [5, 5.41) is 10.1. The summed E-state index contributed by atoms with van der Waals surface area (Å²) >= 11 is 0. The maximum absolute atomic E-state index is 12.9. The maximum atomic E-state index is 12.9. The van der Waals surface area contributed by atoms with Gasteiger partial charge in [-0.15, -0.1) is 0 Å². The minimum absolute atomic E-state index is 0.0998. The summed E-state index contributed by atoms with van der Waals surface area (Å²) in [6, 6.07) is 6.05. The molecule has 6 heteroatoms. The molecule has 23 heavy (non-hydrogen) atoms. The first kappa shape index (κ1) is 16.5. The number of aliphatic hydroxyl groups is 1. The van der Waals surface area contributed by atoms with Crippen LogP contribution in [0.25, 0.3) is 0 Å². The summed E-state index contributed by atoms with van der Waals surface area (Å²) in [6.45, 7) is 7.53. The summed E-state index contributed by atoms with van der Waals surface area (Å²) in [5.74, 6) is 0.137. The fraction of sp³-hybridized carbons (Fsp3) is 0.176. The smallest absolute Gasteiger partial charge is 0.194 e. The molecule has 0 radical (unpaired) electrons. The lowest BCUT2D eigenvalue weighted by Gasteiger charge is -2.22. The molecule has 0 atom stereocenters. The van der Waals surface area contributed by atoms with Gasteiger partial charge < -0.3 is 14.7 Å². The molecule has 5 nitrogen and oxygen atoms in total. The summed E-state index contributed by atoms with van der Waals surface area (Å²) < 4.78 is 18.5. The van der Waals surface area contributed by atoms with Crippen molar-refractivity contribution < 1.29 is 14.2 Å². The van der Waals surface area contributed by atoms with Crippen molar-refractivity contribution in [2.24, 2.45) is 9.98 Å². The van der Waals surface area contributed by atoms with Crippen LogP contribution in [0.5, 0.6) is 0 Å². The molecule has 120 valence electrons. The van der Waals surface area contributed by atoms with E-state index < -0.39 is 0 Å².